The summed E-state index contributed by atoms with van der Waals surface area (Å²) in [7, 11) is 0. The topological polar surface area (TPSA) is 95.9 Å². The van der Waals surface area contributed by atoms with Crippen molar-refractivity contribution in [2.24, 2.45) is 5.92 Å². The lowest BCUT2D eigenvalue weighted by atomic mass is 9.98. The van der Waals surface area contributed by atoms with Crippen LogP contribution in [0, 0.1) is 5.92 Å². The molecule has 7 heteroatoms. The number of carboxylic acids is 1. The summed E-state index contributed by atoms with van der Waals surface area (Å²) in [5.74, 6) is -0.685. The van der Waals surface area contributed by atoms with Crippen LogP contribution >= 0.6 is 0 Å². The van der Waals surface area contributed by atoms with Gasteiger partial charge in [-0.25, -0.2) is 4.79 Å². The second kappa shape index (κ2) is 11.4. The number of carbonyl (C=O) groups is 3. The first-order chi connectivity index (χ1) is 17.0. The number of hydrogen-bond acceptors (Lipinski definition) is 4. The van der Waals surface area contributed by atoms with Crippen LogP contribution in [-0.2, 0) is 14.3 Å². The first kappa shape index (κ1) is 24.8. The molecule has 0 aromatic heterocycles. The van der Waals surface area contributed by atoms with Crippen molar-refractivity contribution in [3.05, 3.63) is 59.7 Å². The maximum Gasteiger partial charge on any atom is 0.407 e. The van der Waals surface area contributed by atoms with Crippen molar-refractivity contribution < 1.29 is 24.2 Å². The van der Waals surface area contributed by atoms with Gasteiger partial charge in [-0.15, -0.1) is 0 Å². The summed E-state index contributed by atoms with van der Waals surface area (Å²) in [6.07, 6.45) is 3.13. The number of rotatable bonds is 10. The first-order valence-electron chi connectivity index (χ1n) is 12.6. The van der Waals surface area contributed by atoms with Gasteiger partial charge in [-0.05, 0) is 53.9 Å². The Morgan fingerprint density at radius 1 is 1.00 bits per heavy atom. The number of alkyl carbamates (subject to hydrolysis) is 1. The smallest absolute Gasteiger partial charge is 0.407 e. The molecule has 2 unspecified atom stereocenters. The Hall–Kier alpha value is -3.35. The molecule has 0 heterocycles. The van der Waals surface area contributed by atoms with Gasteiger partial charge in [0.15, 0.2) is 0 Å². The van der Waals surface area contributed by atoms with E-state index in [4.69, 9.17) is 9.84 Å². The van der Waals surface area contributed by atoms with Crippen LogP contribution in [0.2, 0.25) is 0 Å². The first-order valence-corrected chi connectivity index (χ1v) is 12.6. The Morgan fingerprint density at radius 3 is 2.29 bits per heavy atom. The third kappa shape index (κ3) is 6.02. The SMILES string of the molecule is CCCN(CCC(=O)O)C(=O)CC1CCC(NC(=O)OCC2c3ccccc3-c3ccccc32)C1. The van der Waals surface area contributed by atoms with E-state index >= 15 is 0 Å². The number of carboxylic acid groups (broad SMARTS) is 1. The molecule has 0 bridgehead atoms. The second-order valence-corrected chi connectivity index (χ2v) is 9.57. The van der Waals surface area contributed by atoms with Crippen LogP contribution in [0.25, 0.3) is 11.1 Å². The minimum absolute atomic E-state index is 0.000101. The molecule has 1 saturated carbocycles. The highest BCUT2D eigenvalue weighted by Gasteiger charge is 2.31. The molecule has 2 aromatic rings. The molecule has 0 saturated heterocycles. The number of hydrogen-bond donors (Lipinski definition) is 2. The van der Waals surface area contributed by atoms with E-state index in [2.05, 4.69) is 29.6 Å². The Morgan fingerprint density at radius 2 is 1.66 bits per heavy atom. The van der Waals surface area contributed by atoms with E-state index < -0.39 is 12.1 Å². The Kier molecular flexibility index (Phi) is 8.06. The lowest BCUT2D eigenvalue weighted by molar-refractivity contribution is -0.138. The van der Waals surface area contributed by atoms with E-state index in [0.29, 0.717) is 13.0 Å². The normalized spacial score (nSPS) is 18.5. The van der Waals surface area contributed by atoms with Gasteiger partial charge in [0, 0.05) is 31.5 Å². The summed E-state index contributed by atoms with van der Waals surface area (Å²) >= 11 is 0. The van der Waals surface area contributed by atoms with Gasteiger partial charge in [0.2, 0.25) is 5.91 Å². The minimum atomic E-state index is -0.896. The predicted molar refractivity (Wildman–Crippen MR) is 133 cm³/mol. The van der Waals surface area contributed by atoms with Crippen molar-refractivity contribution >= 4 is 18.0 Å². The molecule has 0 spiro atoms. The fraction of sp³-hybridized carbons (Fsp3) is 0.464. The van der Waals surface area contributed by atoms with Gasteiger partial charge in [-0.1, -0.05) is 55.5 Å². The van der Waals surface area contributed by atoms with Gasteiger partial charge in [0.05, 0.1) is 6.42 Å². The maximum atomic E-state index is 12.7. The summed E-state index contributed by atoms with van der Waals surface area (Å²) in [6, 6.07) is 16.5. The predicted octanol–water partition coefficient (Wildman–Crippen LogP) is 4.80. The standard InChI is InChI=1S/C28H34N2O5/c1-2-14-30(15-13-27(32)33)26(31)17-19-11-12-20(16-19)29-28(34)35-18-25-23-9-5-3-7-21(23)22-8-4-6-10-24(22)25/h3-10,19-20,25H,2,11-18H2,1H3,(H,29,34)(H,32,33). The van der Waals surface area contributed by atoms with Crippen molar-refractivity contribution in [1.29, 1.82) is 0 Å². The number of carbonyl (C=O) groups excluding carboxylic acids is 2. The number of amides is 2. The van der Waals surface area contributed by atoms with Gasteiger partial charge in [0.1, 0.15) is 6.61 Å². The van der Waals surface area contributed by atoms with Gasteiger partial charge in [-0.2, -0.15) is 0 Å². The highest BCUT2D eigenvalue weighted by molar-refractivity contribution is 5.79. The van der Waals surface area contributed by atoms with Crippen LogP contribution in [0.4, 0.5) is 4.79 Å². The molecule has 2 N–H and O–H groups in total. The highest BCUT2D eigenvalue weighted by atomic mass is 16.5. The summed E-state index contributed by atoms with van der Waals surface area (Å²) in [4.78, 5) is 37.8. The lowest BCUT2D eigenvalue weighted by Gasteiger charge is -2.23. The van der Waals surface area contributed by atoms with Gasteiger partial charge in [-0.3, -0.25) is 9.59 Å². The monoisotopic (exact) mass is 478 g/mol. The fourth-order valence-corrected chi connectivity index (χ4v) is 5.44. The van der Waals surface area contributed by atoms with E-state index in [1.165, 1.54) is 22.3 Å². The molecule has 35 heavy (non-hydrogen) atoms. The van der Waals surface area contributed by atoms with Gasteiger partial charge in [0.25, 0.3) is 0 Å². The largest absolute Gasteiger partial charge is 0.481 e. The zero-order chi connectivity index (χ0) is 24.8. The molecule has 2 atom stereocenters. The number of aliphatic carboxylic acids is 1. The van der Waals surface area contributed by atoms with Crippen LogP contribution in [0.3, 0.4) is 0 Å². The molecule has 0 aliphatic heterocycles. The average Bonchev–Trinajstić information content (AvgIpc) is 3.42. The molecule has 2 amide bonds. The Labute approximate surface area is 206 Å². The van der Waals surface area contributed by atoms with Crippen molar-refractivity contribution in [1.82, 2.24) is 10.2 Å². The summed E-state index contributed by atoms with van der Waals surface area (Å²) in [6.45, 7) is 3.07. The number of fused-ring (bicyclic) bond motifs is 3. The van der Waals surface area contributed by atoms with E-state index in [1.807, 2.05) is 31.2 Å². The molecule has 2 aliphatic carbocycles. The van der Waals surface area contributed by atoms with E-state index in [-0.39, 0.29) is 43.4 Å². The number of ether oxygens (including phenoxy) is 1. The van der Waals surface area contributed by atoms with Crippen LogP contribution < -0.4 is 5.32 Å². The maximum absolute atomic E-state index is 12.7. The van der Waals surface area contributed by atoms with E-state index in [0.717, 1.165) is 25.7 Å². The van der Waals surface area contributed by atoms with Gasteiger partial charge < -0.3 is 20.1 Å². The zero-order valence-corrected chi connectivity index (χ0v) is 20.2. The molecule has 2 aromatic carbocycles. The molecule has 2 aliphatic rings. The average molecular weight is 479 g/mol. The molecular weight excluding hydrogens is 444 g/mol. The Balaban J connectivity index is 1.26. The van der Waals surface area contributed by atoms with Crippen molar-refractivity contribution in [2.75, 3.05) is 19.7 Å². The number of benzene rings is 2. The van der Waals surface area contributed by atoms with Crippen LogP contribution in [0.5, 0.6) is 0 Å². The number of nitrogens with zero attached hydrogens (tertiary/aromatic N) is 1. The molecular formula is C28H34N2O5. The summed E-state index contributed by atoms with van der Waals surface area (Å²) in [5.41, 5.74) is 4.75. The lowest BCUT2D eigenvalue weighted by Crippen LogP contribution is -2.36. The van der Waals surface area contributed by atoms with Crippen LogP contribution in [0.1, 0.15) is 62.5 Å². The van der Waals surface area contributed by atoms with Crippen LogP contribution in [0.15, 0.2) is 48.5 Å². The second-order valence-electron chi connectivity index (χ2n) is 9.57. The van der Waals surface area contributed by atoms with Gasteiger partial charge >= 0.3 is 12.1 Å². The minimum Gasteiger partial charge on any atom is -0.481 e. The van der Waals surface area contributed by atoms with E-state index in [1.54, 1.807) is 4.90 Å². The third-order valence-corrected chi connectivity index (χ3v) is 7.11. The van der Waals surface area contributed by atoms with E-state index in [9.17, 15) is 14.4 Å². The quantitative estimate of drug-likeness (QED) is 0.512. The zero-order valence-electron chi connectivity index (χ0n) is 20.2. The molecule has 1 fully saturated rings. The van der Waals surface area contributed by atoms with Crippen molar-refractivity contribution in [3.8, 4) is 11.1 Å². The fourth-order valence-electron chi connectivity index (χ4n) is 5.44. The molecule has 0 radical (unpaired) electrons. The van der Waals surface area contributed by atoms with Crippen molar-refractivity contribution in [3.63, 3.8) is 0 Å². The highest BCUT2D eigenvalue weighted by Crippen LogP contribution is 2.44. The summed E-state index contributed by atoms with van der Waals surface area (Å²) < 4.78 is 5.66. The third-order valence-electron chi connectivity index (χ3n) is 7.11. The molecule has 7 nitrogen and oxygen atoms in total. The van der Waals surface area contributed by atoms with Crippen LogP contribution in [-0.4, -0.2) is 53.7 Å². The van der Waals surface area contributed by atoms with Crippen molar-refractivity contribution in [2.45, 2.75) is 57.4 Å². The summed E-state index contributed by atoms with van der Waals surface area (Å²) in [5, 5.41) is 11.9. The molecule has 4 rings (SSSR count). The molecule has 186 valence electrons. The Bertz CT molecular complexity index is 1020. The number of nitrogens with one attached hydrogen (secondary N) is 1.